The molecule has 3 nitrogen and oxygen atoms in total. The second-order valence-corrected chi connectivity index (χ2v) is 6.33. The number of rotatable bonds is 4. The van der Waals surface area contributed by atoms with E-state index in [1.165, 1.54) is 0 Å². The van der Waals surface area contributed by atoms with Crippen LogP contribution in [-0.2, 0) is 0 Å². The van der Waals surface area contributed by atoms with Crippen LogP contribution in [0.4, 0.5) is 0 Å². The molecule has 0 saturated heterocycles. The zero-order valence-corrected chi connectivity index (χ0v) is 14.6. The molecule has 0 amide bonds. The Hall–Kier alpha value is -2.39. The molecule has 2 aromatic carbocycles. The molecule has 0 aliphatic carbocycles. The predicted molar refractivity (Wildman–Crippen MR) is 97.9 cm³/mol. The van der Waals surface area contributed by atoms with E-state index in [-0.39, 0.29) is 6.10 Å². The van der Waals surface area contributed by atoms with Crippen molar-refractivity contribution in [3.05, 3.63) is 59.7 Å². The van der Waals surface area contributed by atoms with Crippen molar-refractivity contribution in [2.45, 2.75) is 26.9 Å². The Labute approximate surface area is 146 Å². The molecule has 122 valence electrons. The van der Waals surface area contributed by atoms with Crippen LogP contribution in [0.1, 0.15) is 29.8 Å². The minimum atomic E-state index is -0.478. The molecule has 4 heteroatoms. The number of hydrogen-bond acceptors (Lipinski definition) is 3. The van der Waals surface area contributed by atoms with Crippen molar-refractivity contribution < 1.29 is 9.53 Å². The predicted octanol–water partition coefficient (Wildman–Crippen LogP) is 5.38. The Morgan fingerprint density at radius 3 is 2.46 bits per heavy atom. The summed E-state index contributed by atoms with van der Waals surface area (Å²) in [7, 11) is 0. The van der Waals surface area contributed by atoms with Crippen LogP contribution in [-0.4, -0.2) is 16.3 Å². The summed E-state index contributed by atoms with van der Waals surface area (Å²) in [5.74, 6) is 0.805. The summed E-state index contributed by atoms with van der Waals surface area (Å²) in [5, 5.41) is 0.299. The quantitative estimate of drug-likeness (QED) is 0.599. The third kappa shape index (κ3) is 3.26. The second kappa shape index (κ2) is 6.62. The van der Waals surface area contributed by atoms with Gasteiger partial charge in [-0.25, -0.2) is 4.98 Å². The number of carbonyl (C=O) groups is 1. The largest absolute Gasteiger partial charge is 0.491 e. The van der Waals surface area contributed by atoms with Gasteiger partial charge in [-0.2, -0.15) is 0 Å². The molecular formula is C20H18ClNO2. The first-order valence-electron chi connectivity index (χ1n) is 7.83. The smallest absolute Gasteiger partial charge is 0.253 e. The summed E-state index contributed by atoms with van der Waals surface area (Å²) in [6, 6.07) is 15.2. The maximum Gasteiger partial charge on any atom is 0.253 e. The summed E-state index contributed by atoms with van der Waals surface area (Å²) in [6.07, 6.45) is 0.123. The fourth-order valence-corrected chi connectivity index (χ4v) is 2.84. The third-order valence-electron chi connectivity index (χ3n) is 3.77. The lowest BCUT2D eigenvalue weighted by molar-refractivity contribution is 0.108. The van der Waals surface area contributed by atoms with Crippen molar-refractivity contribution in [1.82, 2.24) is 4.98 Å². The molecule has 0 fully saturated rings. The summed E-state index contributed by atoms with van der Waals surface area (Å²) >= 11 is 5.79. The van der Waals surface area contributed by atoms with Crippen LogP contribution in [0, 0.1) is 6.92 Å². The molecule has 0 spiro atoms. The SMILES string of the molecule is Cc1cccc2c(C(=O)Cl)cc(-c3ccc(OC(C)C)cc3)nc12. The van der Waals surface area contributed by atoms with Gasteiger partial charge in [-0.1, -0.05) is 18.2 Å². The molecule has 3 aromatic rings. The van der Waals surface area contributed by atoms with E-state index in [0.29, 0.717) is 5.56 Å². The van der Waals surface area contributed by atoms with Crippen molar-refractivity contribution in [1.29, 1.82) is 0 Å². The van der Waals surface area contributed by atoms with Gasteiger partial charge in [0.1, 0.15) is 5.75 Å². The molecule has 0 radical (unpaired) electrons. The molecular weight excluding hydrogens is 322 g/mol. The van der Waals surface area contributed by atoms with Crippen molar-refractivity contribution in [3.63, 3.8) is 0 Å². The van der Waals surface area contributed by atoms with Gasteiger partial charge in [-0.3, -0.25) is 4.79 Å². The lowest BCUT2D eigenvalue weighted by Gasteiger charge is -2.11. The summed E-state index contributed by atoms with van der Waals surface area (Å²) in [5.41, 5.74) is 3.91. The fraction of sp³-hybridized carbons (Fsp3) is 0.200. The lowest BCUT2D eigenvalue weighted by Crippen LogP contribution is -2.05. The molecule has 0 aliphatic rings. The van der Waals surface area contributed by atoms with Gasteiger partial charge in [0.15, 0.2) is 0 Å². The van der Waals surface area contributed by atoms with Gasteiger partial charge in [0, 0.05) is 16.5 Å². The number of fused-ring (bicyclic) bond motifs is 1. The topological polar surface area (TPSA) is 39.2 Å². The Bertz CT molecular complexity index is 901. The zero-order valence-electron chi connectivity index (χ0n) is 13.8. The van der Waals surface area contributed by atoms with Gasteiger partial charge >= 0.3 is 0 Å². The number of halogens is 1. The summed E-state index contributed by atoms with van der Waals surface area (Å²) in [4.78, 5) is 16.6. The van der Waals surface area contributed by atoms with E-state index in [1.54, 1.807) is 6.07 Å². The van der Waals surface area contributed by atoms with Gasteiger partial charge in [0.2, 0.25) is 0 Å². The van der Waals surface area contributed by atoms with Gasteiger partial charge in [-0.15, -0.1) is 0 Å². The standard InChI is InChI=1S/C20H18ClNO2/c1-12(2)24-15-9-7-14(8-10-15)18-11-17(20(21)23)16-6-4-5-13(3)19(16)22-18/h4-12H,1-3H3. The molecule has 1 heterocycles. The first-order valence-corrected chi connectivity index (χ1v) is 8.21. The summed E-state index contributed by atoms with van der Waals surface area (Å²) in [6.45, 7) is 5.95. The van der Waals surface area contributed by atoms with Gasteiger partial charge in [0.05, 0.1) is 17.3 Å². The van der Waals surface area contributed by atoms with E-state index >= 15 is 0 Å². The average Bonchev–Trinajstić information content (AvgIpc) is 2.54. The summed E-state index contributed by atoms with van der Waals surface area (Å²) < 4.78 is 5.66. The monoisotopic (exact) mass is 339 g/mol. The second-order valence-electron chi connectivity index (χ2n) is 5.99. The van der Waals surface area contributed by atoms with Crippen LogP contribution >= 0.6 is 11.6 Å². The molecule has 24 heavy (non-hydrogen) atoms. The fourth-order valence-electron chi connectivity index (χ4n) is 2.68. The van der Waals surface area contributed by atoms with Crippen LogP contribution < -0.4 is 4.74 Å². The van der Waals surface area contributed by atoms with E-state index in [2.05, 4.69) is 0 Å². The molecule has 1 aromatic heterocycles. The number of hydrogen-bond donors (Lipinski definition) is 0. The van der Waals surface area contributed by atoms with Crippen molar-refractivity contribution in [3.8, 4) is 17.0 Å². The number of aryl methyl sites for hydroxylation is 1. The van der Waals surface area contributed by atoms with E-state index < -0.39 is 5.24 Å². The van der Waals surface area contributed by atoms with E-state index in [0.717, 1.165) is 33.5 Å². The minimum absolute atomic E-state index is 0.123. The van der Waals surface area contributed by atoms with Crippen LogP contribution in [0.15, 0.2) is 48.5 Å². The molecule has 0 unspecified atom stereocenters. The molecule has 0 atom stereocenters. The van der Waals surface area contributed by atoms with E-state index in [4.69, 9.17) is 21.3 Å². The number of nitrogens with zero attached hydrogens (tertiary/aromatic N) is 1. The number of pyridine rings is 1. The Balaban J connectivity index is 2.12. The van der Waals surface area contributed by atoms with Gasteiger partial charge in [-0.05, 0) is 68.3 Å². The maximum atomic E-state index is 11.8. The normalized spacial score (nSPS) is 11.0. The third-order valence-corrected chi connectivity index (χ3v) is 3.98. The molecule has 0 bridgehead atoms. The number of aromatic nitrogens is 1. The van der Waals surface area contributed by atoms with Gasteiger partial charge in [0.25, 0.3) is 5.24 Å². The van der Waals surface area contributed by atoms with Crippen molar-refractivity contribution in [2.24, 2.45) is 0 Å². The van der Waals surface area contributed by atoms with E-state index in [9.17, 15) is 4.79 Å². The number of para-hydroxylation sites is 1. The average molecular weight is 340 g/mol. The number of carbonyl (C=O) groups excluding carboxylic acids is 1. The maximum absolute atomic E-state index is 11.8. The molecule has 0 aliphatic heterocycles. The van der Waals surface area contributed by atoms with Crippen LogP contribution in [0.2, 0.25) is 0 Å². The Kier molecular flexibility index (Phi) is 4.54. The highest BCUT2D eigenvalue weighted by molar-refractivity contribution is 6.68. The molecule has 0 N–H and O–H groups in total. The molecule has 3 rings (SSSR count). The zero-order chi connectivity index (χ0) is 17.3. The highest BCUT2D eigenvalue weighted by atomic mass is 35.5. The van der Waals surface area contributed by atoms with Crippen molar-refractivity contribution >= 4 is 27.7 Å². The first-order chi connectivity index (χ1) is 11.5. The Morgan fingerprint density at radius 2 is 1.83 bits per heavy atom. The number of ether oxygens (including phenoxy) is 1. The minimum Gasteiger partial charge on any atom is -0.491 e. The van der Waals surface area contributed by atoms with E-state index in [1.807, 2.05) is 63.2 Å². The highest BCUT2D eigenvalue weighted by Crippen LogP contribution is 2.28. The van der Waals surface area contributed by atoms with Crippen LogP contribution in [0.25, 0.3) is 22.2 Å². The van der Waals surface area contributed by atoms with Crippen LogP contribution in [0.3, 0.4) is 0 Å². The Morgan fingerprint density at radius 1 is 1.12 bits per heavy atom. The first kappa shape index (κ1) is 16.5. The van der Waals surface area contributed by atoms with Crippen LogP contribution in [0.5, 0.6) is 5.75 Å². The van der Waals surface area contributed by atoms with Gasteiger partial charge < -0.3 is 4.74 Å². The molecule has 0 saturated carbocycles. The lowest BCUT2D eigenvalue weighted by atomic mass is 10.0. The van der Waals surface area contributed by atoms with Crippen molar-refractivity contribution in [2.75, 3.05) is 0 Å². The highest BCUT2D eigenvalue weighted by Gasteiger charge is 2.13. The number of benzene rings is 2.